The number of benzene rings is 1. The number of amides is 1. The first-order valence-electron chi connectivity index (χ1n) is 12.4. The molecule has 1 amide bonds. The first-order chi connectivity index (χ1) is 17.4. The number of carbonyl (C=O) groups excluding carboxylic acids is 1. The fourth-order valence-electron chi connectivity index (χ4n) is 5.04. The van der Waals surface area contributed by atoms with Gasteiger partial charge in [-0.2, -0.15) is 13.2 Å². The molecular weight excluding hydrogens is 479 g/mol. The Morgan fingerprint density at radius 3 is 2.49 bits per heavy atom. The molecule has 37 heavy (non-hydrogen) atoms. The molecule has 0 spiro atoms. The predicted octanol–water partition coefficient (Wildman–Crippen LogP) is 5.95. The smallest absolute Gasteiger partial charge is 0.339 e. The number of alkyl halides is 3. The second-order valence-corrected chi connectivity index (χ2v) is 9.80. The number of nitrogens with zero attached hydrogens (tertiary/aromatic N) is 5. The molecule has 9 heteroatoms. The Bertz CT molecular complexity index is 1450. The van der Waals surface area contributed by atoms with Crippen LogP contribution in [0.25, 0.3) is 16.5 Å². The lowest BCUT2D eigenvalue weighted by Crippen LogP contribution is -2.32. The van der Waals surface area contributed by atoms with Crippen molar-refractivity contribution in [2.75, 3.05) is 13.1 Å². The van der Waals surface area contributed by atoms with Crippen LogP contribution in [0.15, 0.2) is 41.5 Å². The van der Waals surface area contributed by atoms with Gasteiger partial charge in [0.15, 0.2) is 5.49 Å². The quantitative estimate of drug-likeness (QED) is 0.435. The summed E-state index contributed by atoms with van der Waals surface area (Å²) in [6.45, 7) is 12.0. The third-order valence-electron chi connectivity index (χ3n) is 6.95. The summed E-state index contributed by atoms with van der Waals surface area (Å²) >= 11 is 0. The number of halogens is 3. The molecule has 1 aliphatic rings. The summed E-state index contributed by atoms with van der Waals surface area (Å²) in [7, 11) is 0. The van der Waals surface area contributed by atoms with E-state index in [4.69, 9.17) is 15.0 Å². The summed E-state index contributed by atoms with van der Waals surface area (Å²) < 4.78 is 42.6. The third kappa shape index (κ3) is 5.31. The molecule has 0 radical (unpaired) electrons. The van der Waals surface area contributed by atoms with E-state index in [1.807, 2.05) is 25.3 Å². The van der Waals surface area contributed by atoms with Crippen LogP contribution in [0.4, 0.5) is 13.2 Å². The van der Waals surface area contributed by atoms with Gasteiger partial charge in [-0.1, -0.05) is 18.2 Å². The lowest BCUT2D eigenvalue weighted by Gasteiger charge is -2.25. The molecule has 1 atom stereocenters. The molecule has 6 nitrogen and oxygen atoms in total. The summed E-state index contributed by atoms with van der Waals surface area (Å²) in [4.78, 5) is 27.8. The van der Waals surface area contributed by atoms with Crippen LogP contribution in [0.3, 0.4) is 0 Å². The van der Waals surface area contributed by atoms with E-state index in [0.717, 1.165) is 34.1 Å². The number of fused-ring (bicyclic) bond motifs is 1. The van der Waals surface area contributed by atoms with Gasteiger partial charge >= 0.3 is 6.18 Å². The van der Waals surface area contributed by atoms with Crippen molar-refractivity contribution < 1.29 is 18.0 Å². The van der Waals surface area contributed by atoms with Crippen LogP contribution in [0.2, 0.25) is 0 Å². The summed E-state index contributed by atoms with van der Waals surface area (Å²) in [6, 6.07) is 5.75. The van der Waals surface area contributed by atoms with E-state index in [0.29, 0.717) is 30.6 Å². The van der Waals surface area contributed by atoms with Gasteiger partial charge in [0.1, 0.15) is 5.82 Å². The standard InChI is InChI=1S/C28H32F3N5O/c1-16(2)36-19(5)34-27(33-18(4)22-8-7-9-24(17(22)3)28(29,30)31)23-14-25(32-15-26(23)36)21-10-12-35(13-11-21)20(6)37/h7-10,14-16,18H,11-13H2,1-6H3/b33-27-/t18-/m1/s1. The average molecular weight is 512 g/mol. The number of rotatable bonds is 4. The van der Waals surface area contributed by atoms with E-state index >= 15 is 0 Å². The molecule has 0 bridgehead atoms. The van der Waals surface area contributed by atoms with Crippen molar-refractivity contribution in [2.24, 2.45) is 4.99 Å². The van der Waals surface area contributed by atoms with Crippen molar-refractivity contribution in [3.8, 4) is 0 Å². The van der Waals surface area contributed by atoms with E-state index in [1.54, 1.807) is 24.8 Å². The zero-order valence-corrected chi connectivity index (χ0v) is 22.0. The van der Waals surface area contributed by atoms with E-state index in [-0.39, 0.29) is 17.5 Å². The molecule has 0 saturated heterocycles. The molecule has 0 fully saturated rings. The van der Waals surface area contributed by atoms with Crippen LogP contribution in [0, 0.1) is 13.8 Å². The number of pyridine rings is 1. The minimum atomic E-state index is -4.43. The number of carbonyl (C=O) groups is 1. The van der Waals surface area contributed by atoms with Crippen LogP contribution in [-0.2, 0) is 11.0 Å². The molecule has 0 aliphatic carbocycles. The zero-order chi connectivity index (χ0) is 27.1. The van der Waals surface area contributed by atoms with Gasteiger partial charge in [-0.3, -0.25) is 14.8 Å². The van der Waals surface area contributed by atoms with E-state index in [9.17, 15) is 18.0 Å². The van der Waals surface area contributed by atoms with Crippen LogP contribution < -0.4 is 5.49 Å². The van der Waals surface area contributed by atoms with Gasteiger partial charge in [-0.25, -0.2) is 4.98 Å². The molecular formula is C28H32F3N5O. The topological polar surface area (TPSA) is 63.4 Å². The van der Waals surface area contributed by atoms with Crippen LogP contribution in [0.1, 0.15) is 74.4 Å². The first kappa shape index (κ1) is 26.6. The summed E-state index contributed by atoms with van der Waals surface area (Å²) in [5.74, 6) is 0.789. The number of hydrogen-bond donors (Lipinski definition) is 0. The van der Waals surface area contributed by atoms with Crippen molar-refractivity contribution in [3.05, 3.63) is 70.2 Å². The molecule has 1 aliphatic heterocycles. The zero-order valence-electron chi connectivity index (χ0n) is 22.0. The Morgan fingerprint density at radius 1 is 1.16 bits per heavy atom. The molecule has 0 unspecified atom stereocenters. The minimum Gasteiger partial charge on any atom is -0.339 e. The molecule has 0 saturated carbocycles. The fraction of sp³-hybridized carbons (Fsp3) is 0.429. The highest BCUT2D eigenvalue weighted by Crippen LogP contribution is 2.35. The summed E-state index contributed by atoms with van der Waals surface area (Å²) in [5, 5.41) is 0.788. The Balaban J connectivity index is 1.88. The van der Waals surface area contributed by atoms with Crippen molar-refractivity contribution >= 4 is 22.4 Å². The number of aryl methyl sites for hydroxylation is 1. The van der Waals surface area contributed by atoms with Gasteiger partial charge in [0, 0.05) is 31.4 Å². The first-order valence-corrected chi connectivity index (χ1v) is 12.4. The van der Waals surface area contributed by atoms with Crippen molar-refractivity contribution in [1.82, 2.24) is 19.4 Å². The predicted molar refractivity (Wildman–Crippen MR) is 138 cm³/mol. The number of hydrogen-bond acceptors (Lipinski definition) is 4. The highest BCUT2D eigenvalue weighted by molar-refractivity contribution is 5.82. The van der Waals surface area contributed by atoms with Gasteiger partial charge < -0.3 is 9.47 Å². The minimum absolute atomic E-state index is 0.0411. The van der Waals surface area contributed by atoms with E-state index in [1.165, 1.54) is 13.0 Å². The lowest BCUT2D eigenvalue weighted by molar-refractivity contribution is -0.138. The Kier molecular flexibility index (Phi) is 7.26. The molecule has 1 aromatic carbocycles. The van der Waals surface area contributed by atoms with Gasteiger partial charge in [0.2, 0.25) is 5.91 Å². The molecule has 196 valence electrons. The monoisotopic (exact) mass is 511 g/mol. The van der Waals surface area contributed by atoms with Crippen molar-refractivity contribution in [1.29, 1.82) is 0 Å². The highest BCUT2D eigenvalue weighted by Gasteiger charge is 2.33. The van der Waals surface area contributed by atoms with E-state index < -0.39 is 17.8 Å². The average Bonchev–Trinajstić information content (AvgIpc) is 2.83. The maximum atomic E-state index is 13.5. The fourth-order valence-corrected chi connectivity index (χ4v) is 5.04. The van der Waals surface area contributed by atoms with Gasteiger partial charge in [-0.05, 0) is 69.9 Å². The van der Waals surface area contributed by atoms with E-state index in [2.05, 4.69) is 18.4 Å². The Hall–Kier alpha value is -3.49. The molecule has 0 N–H and O–H groups in total. The van der Waals surface area contributed by atoms with Crippen LogP contribution in [0.5, 0.6) is 0 Å². The summed E-state index contributed by atoms with van der Waals surface area (Å²) in [5.41, 5.74) is 3.20. The SMILES string of the molecule is CC(=O)N1CC=C(c2cc3/c(=N/[C@H](C)c4cccc(C(F)(F)F)c4C)nc(C)n(C(C)C)c3cn2)CC1. The maximum Gasteiger partial charge on any atom is 0.416 e. The largest absolute Gasteiger partial charge is 0.416 e. The molecule has 2 aromatic heterocycles. The third-order valence-corrected chi connectivity index (χ3v) is 6.95. The van der Waals surface area contributed by atoms with Gasteiger partial charge in [0.05, 0.1) is 29.0 Å². The van der Waals surface area contributed by atoms with Crippen LogP contribution >= 0.6 is 0 Å². The Labute approximate surface area is 214 Å². The van der Waals surface area contributed by atoms with Gasteiger partial charge in [-0.15, -0.1) is 0 Å². The maximum absolute atomic E-state index is 13.5. The summed E-state index contributed by atoms with van der Waals surface area (Å²) in [6.07, 6.45) is 0.0936. The van der Waals surface area contributed by atoms with Crippen LogP contribution in [-0.4, -0.2) is 38.4 Å². The molecule has 3 aromatic rings. The normalized spacial score (nSPS) is 15.9. The highest BCUT2D eigenvalue weighted by atomic mass is 19.4. The molecule has 3 heterocycles. The molecule has 4 rings (SSSR count). The lowest BCUT2D eigenvalue weighted by atomic mass is 9.97. The van der Waals surface area contributed by atoms with Crippen molar-refractivity contribution in [3.63, 3.8) is 0 Å². The number of aromatic nitrogens is 3. The second-order valence-electron chi connectivity index (χ2n) is 9.80. The van der Waals surface area contributed by atoms with Crippen molar-refractivity contribution in [2.45, 2.75) is 66.2 Å². The Morgan fingerprint density at radius 2 is 1.89 bits per heavy atom. The van der Waals surface area contributed by atoms with Gasteiger partial charge in [0.25, 0.3) is 0 Å². The second kappa shape index (κ2) is 10.1.